The molecule has 232 valence electrons. The largest absolute Gasteiger partial charge is 0.473 e. The summed E-state index contributed by atoms with van der Waals surface area (Å²) in [5, 5.41) is 15.3. The Labute approximate surface area is 261 Å². The molecular weight excluding hydrogens is 573 g/mol. The van der Waals surface area contributed by atoms with Gasteiger partial charge in [-0.3, -0.25) is 14.5 Å². The van der Waals surface area contributed by atoms with Crippen LogP contribution < -0.4 is 15.4 Å². The SMILES string of the molecule is CCn1cncc1CNc1cc(C(C)=O)ccc1NC(=O)CN1CCC(c2cccc(OCc3ccc(C#N)cc3F)n2)CC1. The molecule has 5 rings (SSSR count). The number of imidazole rings is 1. The number of ketones is 1. The first-order chi connectivity index (χ1) is 21.8. The van der Waals surface area contributed by atoms with E-state index in [1.165, 1.54) is 13.0 Å². The second-order valence-corrected chi connectivity index (χ2v) is 11.0. The minimum atomic E-state index is -0.484. The molecule has 45 heavy (non-hydrogen) atoms. The Kier molecular flexibility index (Phi) is 10.2. The van der Waals surface area contributed by atoms with Gasteiger partial charge in [-0.2, -0.15) is 5.26 Å². The van der Waals surface area contributed by atoms with E-state index in [1.807, 2.05) is 29.7 Å². The maximum absolute atomic E-state index is 14.2. The Balaban J connectivity index is 1.14. The Hall–Kier alpha value is -5.08. The molecule has 1 fully saturated rings. The first-order valence-electron chi connectivity index (χ1n) is 15.0. The molecule has 0 bridgehead atoms. The van der Waals surface area contributed by atoms with Crippen molar-refractivity contribution in [1.29, 1.82) is 5.26 Å². The molecular formula is C34H36FN7O3. The number of aryl methyl sites for hydroxylation is 1. The summed E-state index contributed by atoms with van der Waals surface area (Å²) in [6, 6.07) is 17.1. The molecule has 1 amide bonds. The fraction of sp³-hybridized carbons (Fsp3) is 0.324. The number of Topliss-reactive ketones (excluding diaryl/α,β-unsaturated/α-hetero) is 1. The van der Waals surface area contributed by atoms with Gasteiger partial charge in [-0.05, 0) is 76.2 Å². The topological polar surface area (TPSA) is 125 Å². The molecule has 10 nitrogen and oxygen atoms in total. The molecule has 2 aromatic carbocycles. The van der Waals surface area contributed by atoms with E-state index in [0.717, 1.165) is 43.9 Å². The quantitative estimate of drug-likeness (QED) is 0.201. The molecule has 0 saturated carbocycles. The Morgan fingerprint density at radius 1 is 1.11 bits per heavy atom. The van der Waals surface area contributed by atoms with E-state index in [-0.39, 0.29) is 36.3 Å². The fourth-order valence-electron chi connectivity index (χ4n) is 5.39. The van der Waals surface area contributed by atoms with Gasteiger partial charge < -0.3 is 19.9 Å². The van der Waals surface area contributed by atoms with Crippen LogP contribution in [0.2, 0.25) is 0 Å². The molecule has 1 saturated heterocycles. The number of halogens is 1. The Morgan fingerprint density at radius 2 is 1.93 bits per heavy atom. The van der Waals surface area contributed by atoms with Gasteiger partial charge in [-0.25, -0.2) is 14.4 Å². The number of hydrogen-bond donors (Lipinski definition) is 2. The highest BCUT2D eigenvalue weighted by atomic mass is 19.1. The summed E-state index contributed by atoms with van der Waals surface area (Å²) in [6.45, 7) is 6.58. The predicted molar refractivity (Wildman–Crippen MR) is 168 cm³/mol. The minimum absolute atomic E-state index is 0.0136. The van der Waals surface area contributed by atoms with E-state index in [4.69, 9.17) is 10.00 Å². The number of piperidine rings is 1. The number of hydrogen-bond acceptors (Lipinski definition) is 8. The number of carbonyl (C=O) groups excluding carboxylic acids is 2. The van der Waals surface area contributed by atoms with Crippen LogP contribution in [0.1, 0.15) is 65.5 Å². The van der Waals surface area contributed by atoms with Crippen LogP contribution in [0.4, 0.5) is 15.8 Å². The average Bonchev–Trinajstić information content (AvgIpc) is 3.51. The summed E-state index contributed by atoms with van der Waals surface area (Å²) < 4.78 is 22.0. The van der Waals surface area contributed by atoms with Gasteiger partial charge >= 0.3 is 0 Å². The minimum Gasteiger partial charge on any atom is -0.473 e. The van der Waals surface area contributed by atoms with Crippen LogP contribution in [-0.2, 0) is 24.5 Å². The van der Waals surface area contributed by atoms with Crippen molar-refractivity contribution in [2.24, 2.45) is 0 Å². The molecule has 2 N–H and O–H groups in total. The maximum Gasteiger partial charge on any atom is 0.238 e. The van der Waals surface area contributed by atoms with E-state index in [2.05, 4.69) is 25.5 Å². The third-order valence-corrected chi connectivity index (χ3v) is 7.98. The molecule has 0 radical (unpaired) electrons. The molecule has 4 aromatic rings. The van der Waals surface area contributed by atoms with Crippen LogP contribution in [0, 0.1) is 17.1 Å². The van der Waals surface area contributed by atoms with Crippen molar-refractivity contribution in [2.45, 2.75) is 52.3 Å². The standard InChI is InChI=1S/C34H36FN7O3/c1-3-42-22-37-18-28(42)19-38-32-16-26(23(2)43)9-10-31(32)39-33(44)20-41-13-11-25(12-14-41)30-5-4-6-34(40-30)45-21-27-8-7-24(17-36)15-29(27)35/h4-10,15-16,18,22,25,38H,3,11-14,19-21H2,1-2H3,(H,39,44). The molecule has 0 spiro atoms. The van der Waals surface area contributed by atoms with Crippen molar-refractivity contribution >= 4 is 23.1 Å². The van der Waals surface area contributed by atoms with Gasteiger partial charge in [0, 0.05) is 41.5 Å². The number of ether oxygens (including phenoxy) is 1. The van der Waals surface area contributed by atoms with Crippen molar-refractivity contribution in [2.75, 3.05) is 30.3 Å². The van der Waals surface area contributed by atoms with E-state index >= 15 is 0 Å². The van der Waals surface area contributed by atoms with Gasteiger partial charge in [-0.15, -0.1) is 0 Å². The van der Waals surface area contributed by atoms with E-state index in [9.17, 15) is 14.0 Å². The number of anilines is 2. The highest BCUT2D eigenvalue weighted by Gasteiger charge is 2.24. The molecule has 1 aliphatic heterocycles. The number of likely N-dealkylation sites (tertiary alicyclic amines) is 1. The fourth-order valence-corrected chi connectivity index (χ4v) is 5.39. The molecule has 0 atom stereocenters. The highest BCUT2D eigenvalue weighted by molar-refractivity contribution is 5.99. The van der Waals surface area contributed by atoms with Crippen LogP contribution in [0.3, 0.4) is 0 Å². The summed E-state index contributed by atoms with van der Waals surface area (Å²) in [4.78, 5) is 36.1. The number of pyridine rings is 1. The summed E-state index contributed by atoms with van der Waals surface area (Å²) in [6.07, 6.45) is 5.24. The number of amides is 1. The third-order valence-electron chi connectivity index (χ3n) is 7.98. The first-order valence-corrected chi connectivity index (χ1v) is 15.0. The van der Waals surface area contributed by atoms with Crippen LogP contribution in [0.5, 0.6) is 5.88 Å². The van der Waals surface area contributed by atoms with Crippen LogP contribution >= 0.6 is 0 Å². The lowest BCUT2D eigenvalue weighted by atomic mass is 9.93. The summed E-state index contributed by atoms with van der Waals surface area (Å²) in [5.74, 6) is -0.0378. The van der Waals surface area contributed by atoms with Gasteiger partial charge in [0.2, 0.25) is 11.8 Å². The zero-order chi connectivity index (χ0) is 31.8. The van der Waals surface area contributed by atoms with Crippen molar-refractivity contribution in [3.63, 3.8) is 0 Å². The molecule has 0 unspecified atom stereocenters. The second-order valence-electron chi connectivity index (χ2n) is 11.0. The second kappa shape index (κ2) is 14.6. The van der Waals surface area contributed by atoms with Gasteiger partial charge in [0.05, 0.1) is 48.1 Å². The molecule has 3 heterocycles. The van der Waals surface area contributed by atoms with Crippen LogP contribution in [-0.4, -0.2) is 50.8 Å². The van der Waals surface area contributed by atoms with E-state index in [1.54, 1.807) is 48.9 Å². The molecule has 0 aliphatic carbocycles. The predicted octanol–water partition coefficient (Wildman–Crippen LogP) is 5.52. The number of benzene rings is 2. The van der Waals surface area contributed by atoms with Crippen LogP contribution in [0.25, 0.3) is 0 Å². The van der Waals surface area contributed by atoms with Gasteiger partial charge in [0.1, 0.15) is 12.4 Å². The lowest BCUT2D eigenvalue weighted by molar-refractivity contribution is -0.117. The number of nitrogens with zero attached hydrogens (tertiary/aromatic N) is 5. The monoisotopic (exact) mass is 609 g/mol. The Morgan fingerprint density at radius 3 is 2.67 bits per heavy atom. The molecule has 2 aromatic heterocycles. The Bertz CT molecular complexity index is 1710. The zero-order valence-electron chi connectivity index (χ0n) is 25.4. The number of nitriles is 1. The van der Waals surface area contributed by atoms with E-state index < -0.39 is 5.82 Å². The normalized spacial score (nSPS) is 13.6. The smallest absolute Gasteiger partial charge is 0.238 e. The number of nitrogens with one attached hydrogen (secondary N) is 2. The van der Waals surface area contributed by atoms with Crippen LogP contribution in [0.15, 0.2) is 67.1 Å². The lowest BCUT2D eigenvalue weighted by Crippen LogP contribution is -2.39. The number of rotatable bonds is 12. The van der Waals surface area contributed by atoms with Gasteiger partial charge in [0.25, 0.3) is 0 Å². The molecule has 11 heteroatoms. The van der Waals surface area contributed by atoms with Crippen molar-refractivity contribution in [1.82, 2.24) is 19.4 Å². The summed E-state index contributed by atoms with van der Waals surface area (Å²) >= 11 is 0. The zero-order valence-corrected chi connectivity index (χ0v) is 25.4. The highest BCUT2D eigenvalue weighted by Crippen LogP contribution is 2.29. The maximum atomic E-state index is 14.2. The summed E-state index contributed by atoms with van der Waals surface area (Å²) in [7, 11) is 0. The molecule has 1 aliphatic rings. The van der Waals surface area contributed by atoms with E-state index in [0.29, 0.717) is 34.9 Å². The number of carbonyl (C=O) groups is 2. The average molecular weight is 610 g/mol. The van der Waals surface area contributed by atoms with Gasteiger partial charge in [-0.1, -0.05) is 12.1 Å². The van der Waals surface area contributed by atoms with Crippen molar-refractivity contribution < 1.29 is 18.7 Å². The van der Waals surface area contributed by atoms with Gasteiger partial charge in [0.15, 0.2) is 5.78 Å². The third kappa shape index (κ3) is 8.10. The van der Waals surface area contributed by atoms with Crippen molar-refractivity contribution in [3.8, 4) is 11.9 Å². The summed E-state index contributed by atoms with van der Waals surface area (Å²) in [5.41, 5.74) is 4.37. The first kappa shape index (κ1) is 31.3. The van der Waals surface area contributed by atoms with Crippen molar-refractivity contribution in [3.05, 3.63) is 101 Å². The number of aromatic nitrogens is 3. The lowest BCUT2D eigenvalue weighted by Gasteiger charge is -2.31.